The van der Waals surface area contributed by atoms with Crippen molar-refractivity contribution in [2.45, 2.75) is 0 Å². The van der Waals surface area contributed by atoms with Gasteiger partial charge in [0, 0.05) is 0 Å². The lowest BCUT2D eigenvalue weighted by molar-refractivity contribution is 0.0696. The second kappa shape index (κ2) is 6.83. The van der Waals surface area contributed by atoms with E-state index in [0.29, 0.717) is 19.0 Å². The highest BCUT2D eigenvalue weighted by molar-refractivity contribution is 5.88. The number of benzene rings is 3. The van der Waals surface area contributed by atoms with Crippen LogP contribution in [0.1, 0.15) is 10.4 Å². The average Bonchev–Trinajstić information content (AvgIpc) is 2.59. The molecule has 4 nitrogen and oxygen atoms in total. The fraction of sp³-hybridized carbons (Fsp3) is 0.105. The van der Waals surface area contributed by atoms with Crippen molar-refractivity contribution in [3.63, 3.8) is 0 Å². The van der Waals surface area contributed by atoms with E-state index in [1.807, 2.05) is 36.4 Å². The number of carboxylic acids is 1. The van der Waals surface area contributed by atoms with Crippen molar-refractivity contribution in [1.82, 2.24) is 0 Å². The number of aromatic carboxylic acids is 1. The van der Waals surface area contributed by atoms with Crippen molar-refractivity contribution in [3.8, 4) is 11.5 Å². The molecule has 0 saturated heterocycles. The molecule has 0 aliphatic rings. The van der Waals surface area contributed by atoms with Crippen LogP contribution in [0.15, 0.2) is 66.7 Å². The predicted octanol–water partition coefficient (Wildman–Crippen LogP) is 4.00. The number of hydrogen-bond donors (Lipinski definition) is 1. The fourth-order valence-electron chi connectivity index (χ4n) is 2.30. The third kappa shape index (κ3) is 3.80. The number of carbonyl (C=O) groups is 1. The van der Waals surface area contributed by atoms with Crippen LogP contribution >= 0.6 is 0 Å². The third-order valence-corrected chi connectivity index (χ3v) is 3.42. The Morgan fingerprint density at radius 1 is 0.783 bits per heavy atom. The van der Waals surface area contributed by atoms with E-state index in [2.05, 4.69) is 6.07 Å². The van der Waals surface area contributed by atoms with Gasteiger partial charge in [0.05, 0.1) is 5.56 Å². The van der Waals surface area contributed by atoms with Crippen molar-refractivity contribution < 1.29 is 19.4 Å². The Hall–Kier alpha value is -3.01. The highest BCUT2D eigenvalue weighted by Gasteiger charge is 2.04. The van der Waals surface area contributed by atoms with Crippen LogP contribution in [-0.2, 0) is 0 Å². The Labute approximate surface area is 133 Å². The Kier molecular flexibility index (Phi) is 4.43. The molecule has 116 valence electrons. The Balaban J connectivity index is 1.54. The number of fused-ring (bicyclic) bond motifs is 1. The average molecular weight is 308 g/mol. The molecular weight excluding hydrogens is 292 g/mol. The normalized spacial score (nSPS) is 10.4. The molecule has 0 atom stereocenters. The van der Waals surface area contributed by atoms with Gasteiger partial charge in [-0.25, -0.2) is 4.79 Å². The van der Waals surface area contributed by atoms with Gasteiger partial charge in [-0.3, -0.25) is 0 Å². The van der Waals surface area contributed by atoms with Gasteiger partial charge < -0.3 is 14.6 Å². The standard InChI is InChI=1S/C19H16O4/c20-19(21)16-6-3-7-17(13-16)22-10-11-23-18-9-8-14-4-1-2-5-15(14)12-18/h1-9,12-13H,10-11H2,(H,20,21). The molecule has 0 aliphatic carbocycles. The lowest BCUT2D eigenvalue weighted by atomic mass is 10.1. The van der Waals surface area contributed by atoms with E-state index in [0.717, 1.165) is 11.1 Å². The van der Waals surface area contributed by atoms with E-state index >= 15 is 0 Å². The monoisotopic (exact) mass is 308 g/mol. The summed E-state index contributed by atoms with van der Waals surface area (Å²) in [6.45, 7) is 0.728. The second-order valence-corrected chi connectivity index (χ2v) is 5.04. The molecule has 3 aromatic carbocycles. The maximum Gasteiger partial charge on any atom is 0.335 e. The molecule has 3 aromatic rings. The minimum Gasteiger partial charge on any atom is -0.490 e. The Bertz CT molecular complexity index is 826. The van der Waals surface area contributed by atoms with Gasteiger partial charge >= 0.3 is 5.97 Å². The van der Waals surface area contributed by atoms with Crippen molar-refractivity contribution in [2.24, 2.45) is 0 Å². The minimum atomic E-state index is -0.970. The van der Waals surface area contributed by atoms with E-state index in [4.69, 9.17) is 14.6 Å². The van der Waals surface area contributed by atoms with Crippen LogP contribution < -0.4 is 9.47 Å². The van der Waals surface area contributed by atoms with Crippen LogP contribution in [0.4, 0.5) is 0 Å². The molecule has 1 N–H and O–H groups in total. The van der Waals surface area contributed by atoms with Gasteiger partial charge in [0.1, 0.15) is 24.7 Å². The van der Waals surface area contributed by atoms with E-state index in [1.54, 1.807) is 12.1 Å². The van der Waals surface area contributed by atoms with Gasteiger partial charge in [0.15, 0.2) is 0 Å². The first kappa shape index (κ1) is 14.9. The topological polar surface area (TPSA) is 55.8 Å². The first-order chi connectivity index (χ1) is 11.2. The summed E-state index contributed by atoms with van der Waals surface area (Å²) < 4.78 is 11.2. The molecule has 3 rings (SSSR count). The largest absolute Gasteiger partial charge is 0.490 e. The molecule has 0 aliphatic heterocycles. The van der Waals surface area contributed by atoms with E-state index < -0.39 is 5.97 Å². The smallest absolute Gasteiger partial charge is 0.335 e. The summed E-state index contributed by atoms with van der Waals surface area (Å²) in [7, 11) is 0. The van der Waals surface area contributed by atoms with Crippen LogP contribution in [0.2, 0.25) is 0 Å². The zero-order valence-electron chi connectivity index (χ0n) is 12.4. The molecule has 0 unspecified atom stereocenters. The molecule has 0 radical (unpaired) electrons. The second-order valence-electron chi connectivity index (χ2n) is 5.04. The SMILES string of the molecule is O=C(O)c1cccc(OCCOc2ccc3ccccc3c2)c1. The van der Waals surface area contributed by atoms with Gasteiger partial charge in [-0.05, 0) is 41.1 Å². The summed E-state index contributed by atoms with van der Waals surface area (Å²) in [5, 5.41) is 11.2. The third-order valence-electron chi connectivity index (χ3n) is 3.42. The lowest BCUT2D eigenvalue weighted by Gasteiger charge is -2.09. The highest BCUT2D eigenvalue weighted by atomic mass is 16.5. The summed E-state index contributed by atoms with van der Waals surface area (Å²) in [5.41, 5.74) is 0.206. The highest BCUT2D eigenvalue weighted by Crippen LogP contribution is 2.20. The maximum absolute atomic E-state index is 10.9. The first-order valence-electron chi connectivity index (χ1n) is 7.30. The Morgan fingerprint density at radius 2 is 1.48 bits per heavy atom. The Morgan fingerprint density at radius 3 is 2.22 bits per heavy atom. The predicted molar refractivity (Wildman–Crippen MR) is 88.3 cm³/mol. The summed E-state index contributed by atoms with van der Waals surface area (Å²) >= 11 is 0. The van der Waals surface area contributed by atoms with Gasteiger partial charge in [0.25, 0.3) is 0 Å². The molecule has 0 aromatic heterocycles. The molecule has 0 saturated carbocycles. The summed E-state index contributed by atoms with van der Waals surface area (Å²) in [6, 6.07) is 20.4. The van der Waals surface area contributed by atoms with Crippen LogP contribution in [0.5, 0.6) is 11.5 Å². The van der Waals surface area contributed by atoms with Crippen molar-refractivity contribution in [2.75, 3.05) is 13.2 Å². The molecule has 0 heterocycles. The number of rotatable bonds is 6. The zero-order valence-corrected chi connectivity index (χ0v) is 12.4. The number of carboxylic acid groups (broad SMARTS) is 1. The molecule has 4 heteroatoms. The minimum absolute atomic E-state index is 0.206. The van der Waals surface area contributed by atoms with Gasteiger partial charge in [0.2, 0.25) is 0 Å². The van der Waals surface area contributed by atoms with Gasteiger partial charge in [-0.1, -0.05) is 36.4 Å². The summed E-state index contributed by atoms with van der Waals surface area (Å²) in [6.07, 6.45) is 0. The number of hydrogen-bond acceptors (Lipinski definition) is 3. The van der Waals surface area contributed by atoms with Crippen LogP contribution in [0.3, 0.4) is 0 Å². The fourth-order valence-corrected chi connectivity index (χ4v) is 2.30. The molecule has 0 amide bonds. The van der Waals surface area contributed by atoms with Crippen molar-refractivity contribution in [3.05, 3.63) is 72.3 Å². The molecular formula is C19H16O4. The van der Waals surface area contributed by atoms with Crippen LogP contribution in [-0.4, -0.2) is 24.3 Å². The van der Waals surface area contributed by atoms with Crippen molar-refractivity contribution >= 4 is 16.7 Å². The first-order valence-corrected chi connectivity index (χ1v) is 7.30. The molecule has 0 bridgehead atoms. The van der Waals surface area contributed by atoms with E-state index in [-0.39, 0.29) is 5.56 Å². The van der Waals surface area contributed by atoms with Gasteiger partial charge in [-0.15, -0.1) is 0 Å². The summed E-state index contributed by atoms with van der Waals surface area (Å²) in [5.74, 6) is 0.335. The quantitative estimate of drug-likeness (QED) is 0.699. The van der Waals surface area contributed by atoms with E-state index in [9.17, 15) is 4.79 Å². The van der Waals surface area contributed by atoms with Crippen LogP contribution in [0, 0.1) is 0 Å². The maximum atomic E-state index is 10.9. The molecule has 0 fully saturated rings. The number of ether oxygens (including phenoxy) is 2. The summed E-state index contributed by atoms with van der Waals surface area (Å²) in [4.78, 5) is 10.9. The zero-order chi connectivity index (χ0) is 16.1. The molecule has 23 heavy (non-hydrogen) atoms. The van der Waals surface area contributed by atoms with Crippen molar-refractivity contribution in [1.29, 1.82) is 0 Å². The van der Waals surface area contributed by atoms with E-state index in [1.165, 1.54) is 17.5 Å². The van der Waals surface area contributed by atoms with Gasteiger partial charge in [-0.2, -0.15) is 0 Å². The lowest BCUT2D eigenvalue weighted by Crippen LogP contribution is -2.09. The van der Waals surface area contributed by atoms with Crippen LogP contribution in [0.25, 0.3) is 10.8 Å². The molecule has 0 spiro atoms.